The van der Waals surface area contributed by atoms with Gasteiger partial charge < -0.3 is 0 Å². The molecule has 0 radical (unpaired) electrons. The lowest BCUT2D eigenvalue weighted by atomic mass is 9.83. The molecule has 1 aromatic heterocycles. The molecule has 0 spiro atoms. The molecule has 72 valence electrons. The molecule has 0 atom stereocenters. The third-order valence-electron chi connectivity index (χ3n) is 2.58. The highest BCUT2D eigenvalue weighted by molar-refractivity contribution is 5.74. The van der Waals surface area contributed by atoms with Crippen molar-refractivity contribution in [3.63, 3.8) is 0 Å². The molecule has 0 aromatic carbocycles. The minimum atomic E-state index is 0.316. The van der Waals surface area contributed by atoms with Crippen LogP contribution in [0.4, 0.5) is 0 Å². The fourth-order valence-corrected chi connectivity index (χ4v) is 1.58. The first kappa shape index (κ1) is 9.20. The molecule has 14 heavy (non-hydrogen) atoms. The van der Waals surface area contributed by atoms with Gasteiger partial charge in [-0.25, -0.2) is 0 Å². The van der Waals surface area contributed by atoms with Gasteiger partial charge in [-0.15, -0.1) is 0 Å². The zero-order valence-electron chi connectivity index (χ0n) is 8.70. The van der Waals surface area contributed by atoms with Crippen LogP contribution in [0.25, 0.3) is 5.57 Å². The molecule has 2 rings (SSSR count). The molecular weight excluding hydrogens is 170 g/mol. The summed E-state index contributed by atoms with van der Waals surface area (Å²) in [6.07, 6.45) is 11.6. The lowest BCUT2D eigenvalue weighted by molar-refractivity contribution is 0.485. The Labute approximate surface area is 85.2 Å². The fourth-order valence-electron chi connectivity index (χ4n) is 1.58. The second kappa shape index (κ2) is 3.41. The van der Waals surface area contributed by atoms with Crippen molar-refractivity contribution in [3.8, 4) is 0 Å². The van der Waals surface area contributed by atoms with E-state index in [0.717, 1.165) is 6.42 Å². The molecule has 0 N–H and O–H groups in total. The quantitative estimate of drug-likeness (QED) is 0.653. The van der Waals surface area contributed by atoms with E-state index in [9.17, 15) is 0 Å². The lowest BCUT2D eigenvalue weighted by Gasteiger charge is -2.22. The van der Waals surface area contributed by atoms with E-state index in [1.165, 1.54) is 11.1 Å². The molecule has 1 aliphatic carbocycles. The van der Waals surface area contributed by atoms with Gasteiger partial charge in [0.05, 0.1) is 0 Å². The van der Waals surface area contributed by atoms with Gasteiger partial charge in [0, 0.05) is 12.4 Å². The smallest absolute Gasteiger partial charge is 0.0273 e. The number of rotatable bonds is 1. The van der Waals surface area contributed by atoms with Crippen LogP contribution in [0.15, 0.2) is 42.8 Å². The molecule has 1 heteroatoms. The van der Waals surface area contributed by atoms with E-state index in [0.29, 0.717) is 5.41 Å². The first-order chi connectivity index (χ1) is 6.67. The molecule has 1 nitrogen and oxygen atoms in total. The largest absolute Gasteiger partial charge is 0.265 e. The van der Waals surface area contributed by atoms with Gasteiger partial charge in [0.25, 0.3) is 0 Å². The molecule has 0 aliphatic heterocycles. The van der Waals surface area contributed by atoms with Crippen molar-refractivity contribution >= 4 is 5.57 Å². The van der Waals surface area contributed by atoms with Crippen LogP contribution in [0.1, 0.15) is 25.8 Å². The Morgan fingerprint density at radius 1 is 1.21 bits per heavy atom. The number of allylic oxidation sites excluding steroid dienone is 4. The van der Waals surface area contributed by atoms with Gasteiger partial charge >= 0.3 is 0 Å². The summed E-state index contributed by atoms with van der Waals surface area (Å²) in [6, 6.07) is 4.10. The van der Waals surface area contributed by atoms with E-state index < -0.39 is 0 Å². The van der Waals surface area contributed by atoms with Crippen LogP contribution in [0, 0.1) is 5.41 Å². The van der Waals surface area contributed by atoms with Crippen LogP contribution < -0.4 is 0 Å². The van der Waals surface area contributed by atoms with Gasteiger partial charge in [-0.3, -0.25) is 4.98 Å². The molecule has 1 aromatic rings. The first-order valence-electron chi connectivity index (χ1n) is 4.97. The highest BCUT2D eigenvalue weighted by Crippen LogP contribution is 2.31. The summed E-state index contributed by atoms with van der Waals surface area (Å²) in [6.45, 7) is 4.51. The summed E-state index contributed by atoms with van der Waals surface area (Å²) < 4.78 is 0. The summed E-state index contributed by atoms with van der Waals surface area (Å²) in [7, 11) is 0. The van der Waals surface area contributed by atoms with Gasteiger partial charge in [0.15, 0.2) is 0 Å². The zero-order chi connectivity index (χ0) is 10.0. The molecule has 0 saturated heterocycles. The summed E-state index contributed by atoms with van der Waals surface area (Å²) in [5, 5.41) is 0. The van der Waals surface area contributed by atoms with Crippen molar-refractivity contribution in [2.24, 2.45) is 5.41 Å². The van der Waals surface area contributed by atoms with Crippen LogP contribution in [-0.2, 0) is 0 Å². The number of aromatic nitrogens is 1. The molecule has 0 amide bonds. The molecular formula is C13H15N. The molecule has 1 aliphatic rings. The van der Waals surface area contributed by atoms with Crippen LogP contribution in [0.5, 0.6) is 0 Å². The van der Waals surface area contributed by atoms with E-state index in [1.807, 2.05) is 12.4 Å². The van der Waals surface area contributed by atoms with E-state index >= 15 is 0 Å². The SMILES string of the molecule is CC1(C)C=CC(c2ccncc2)=CC1. The lowest BCUT2D eigenvalue weighted by Crippen LogP contribution is -2.08. The second-order valence-corrected chi connectivity index (χ2v) is 4.42. The Morgan fingerprint density at radius 3 is 2.50 bits per heavy atom. The highest BCUT2D eigenvalue weighted by atomic mass is 14.6. The summed E-state index contributed by atoms with van der Waals surface area (Å²) in [4.78, 5) is 4.02. The first-order valence-corrected chi connectivity index (χ1v) is 4.97. The average molecular weight is 185 g/mol. The predicted molar refractivity (Wildman–Crippen MR) is 59.8 cm³/mol. The van der Waals surface area contributed by atoms with Crippen molar-refractivity contribution < 1.29 is 0 Å². The molecule has 0 unspecified atom stereocenters. The Hall–Kier alpha value is -1.37. The van der Waals surface area contributed by atoms with E-state index in [1.54, 1.807) is 0 Å². The van der Waals surface area contributed by atoms with Gasteiger partial charge in [-0.2, -0.15) is 0 Å². The Bertz CT molecular complexity index is 371. The predicted octanol–water partition coefficient (Wildman–Crippen LogP) is 3.45. The van der Waals surface area contributed by atoms with Gasteiger partial charge in [-0.1, -0.05) is 32.1 Å². The average Bonchev–Trinajstić information content (AvgIpc) is 2.19. The Morgan fingerprint density at radius 2 is 1.93 bits per heavy atom. The van der Waals surface area contributed by atoms with E-state index in [4.69, 9.17) is 0 Å². The summed E-state index contributed by atoms with van der Waals surface area (Å²) >= 11 is 0. The standard InChI is InChI=1S/C13H15N/c1-13(2)7-3-11(4-8-13)12-5-9-14-10-6-12/h3-7,9-10H,8H2,1-2H3. The maximum absolute atomic E-state index is 4.02. The Kier molecular flexibility index (Phi) is 2.24. The van der Waals surface area contributed by atoms with Crippen molar-refractivity contribution in [3.05, 3.63) is 48.3 Å². The maximum atomic E-state index is 4.02. The molecule has 0 fully saturated rings. The number of hydrogen-bond acceptors (Lipinski definition) is 1. The third kappa shape index (κ3) is 1.92. The molecule has 0 bridgehead atoms. The van der Waals surface area contributed by atoms with Gasteiger partial charge in [-0.05, 0) is 35.1 Å². The third-order valence-corrected chi connectivity index (χ3v) is 2.58. The monoisotopic (exact) mass is 185 g/mol. The van der Waals surface area contributed by atoms with Gasteiger partial charge in [0.2, 0.25) is 0 Å². The minimum absolute atomic E-state index is 0.316. The van der Waals surface area contributed by atoms with E-state index in [-0.39, 0.29) is 0 Å². The van der Waals surface area contributed by atoms with E-state index in [2.05, 4.69) is 49.2 Å². The summed E-state index contributed by atoms with van der Waals surface area (Å²) in [5.74, 6) is 0. The van der Waals surface area contributed by atoms with Crippen LogP contribution in [0.2, 0.25) is 0 Å². The number of hydrogen-bond donors (Lipinski definition) is 0. The minimum Gasteiger partial charge on any atom is -0.265 e. The Balaban J connectivity index is 2.25. The number of nitrogens with zero attached hydrogens (tertiary/aromatic N) is 1. The second-order valence-electron chi connectivity index (χ2n) is 4.42. The fraction of sp³-hybridized carbons (Fsp3) is 0.308. The highest BCUT2D eigenvalue weighted by Gasteiger charge is 2.16. The topological polar surface area (TPSA) is 12.9 Å². The van der Waals surface area contributed by atoms with Crippen LogP contribution in [0.3, 0.4) is 0 Å². The molecule has 1 heterocycles. The maximum Gasteiger partial charge on any atom is 0.0273 e. The van der Waals surface area contributed by atoms with Crippen LogP contribution in [-0.4, -0.2) is 4.98 Å². The summed E-state index contributed by atoms with van der Waals surface area (Å²) in [5.41, 5.74) is 2.88. The zero-order valence-corrected chi connectivity index (χ0v) is 8.70. The van der Waals surface area contributed by atoms with Crippen LogP contribution >= 0.6 is 0 Å². The van der Waals surface area contributed by atoms with Crippen molar-refractivity contribution in [2.75, 3.05) is 0 Å². The number of pyridine rings is 1. The van der Waals surface area contributed by atoms with Crippen molar-refractivity contribution in [1.82, 2.24) is 4.98 Å². The van der Waals surface area contributed by atoms with Gasteiger partial charge in [0.1, 0.15) is 0 Å². The van der Waals surface area contributed by atoms with Crippen molar-refractivity contribution in [1.29, 1.82) is 0 Å². The van der Waals surface area contributed by atoms with Crippen molar-refractivity contribution in [2.45, 2.75) is 20.3 Å². The normalized spacial score (nSPS) is 19.1. The molecule has 0 saturated carbocycles.